The zero-order valence-corrected chi connectivity index (χ0v) is 31.3. The third kappa shape index (κ3) is 10.1. The number of nitrogens with zero attached hydrogens (tertiary/aromatic N) is 4. The molecule has 0 radical (unpaired) electrons. The summed E-state index contributed by atoms with van der Waals surface area (Å²) in [5, 5.41) is 6.14. The van der Waals surface area contributed by atoms with Crippen molar-refractivity contribution < 1.29 is 19.1 Å². The minimum atomic E-state index is -0.676. The molecule has 274 valence electrons. The molecule has 1 aliphatic heterocycles. The minimum absolute atomic E-state index is 0.0942. The average Bonchev–Trinajstić information content (AvgIpc) is 3.81. The normalized spacial score (nSPS) is 15.4. The van der Waals surface area contributed by atoms with E-state index in [1.54, 1.807) is 0 Å². The Bertz CT molecular complexity index is 1660. The van der Waals surface area contributed by atoms with Crippen LogP contribution < -0.4 is 10.6 Å². The van der Waals surface area contributed by atoms with Gasteiger partial charge < -0.3 is 30.2 Å². The lowest BCUT2D eigenvalue weighted by atomic mass is 10.0. The molecule has 1 saturated heterocycles. The topological polar surface area (TPSA) is 132 Å². The van der Waals surface area contributed by atoms with Crippen LogP contribution in [-0.4, -0.2) is 83.7 Å². The van der Waals surface area contributed by atoms with E-state index in [4.69, 9.17) is 9.72 Å². The van der Waals surface area contributed by atoms with Crippen molar-refractivity contribution in [3.63, 3.8) is 0 Å². The van der Waals surface area contributed by atoms with Crippen LogP contribution in [0.25, 0.3) is 28.1 Å². The van der Waals surface area contributed by atoms with Crippen molar-refractivity contribution in [3.05, 3.63) is 71.8 Å². The van der Waals surface area contributed by atoms with Gasteiger partial charge in [-0.1, -0.05) is 83.1 Å². The zero-order chi connectivity index (χ0) is 37.1. The van der Waals surface area contributed by atoms with Crippen LogP contribution in [0.5, 0.6) is 0 Å². The van der Waals surface area contributed by atoms with Gasteiger partial charge in [0.2, 0.25) is 11.8 Å². The fourth-order valence-electron chi connectivity index (χ4n) is 6.50. The van der Waals surface area contributed by atoms with E-state index in [-0.39, 0.29) is 23.8 Å². The third-order valence-electron chi connectivity index (χ3n) is 9.23. The summed E-state index contributed by atoms with van der Waals surface area (Å²) in [4.78, 5) is 54.3. The number of hydrogen-bond acceptors (Lipinski definition) is 7. The van der Waals surface area contributed by atoms with Gasteiger partial charge in [-0.05, 0) is 55.9 Å². The van der Waals surface area contributed by atoms with Crippen LogP contribution >= 0.6 is 0 Å². The van der Waals surface area contributed by atoms with Crippen molar-refractivity contribution in [2.75, 3.05) is 33.3 Å². The first-order valence-corrected chi connectivity index (χ1v) is 18.1. The maximum absolute atomic E-state index is 13.5. The third-order valence-corrected chi connectivity index (χ3v) is 9.23. The summed E-state index contributed by atoms with van der Waals surface area (Å²) >= 11 is 0. The molecule has 3 N–H and O–H groups in total. The Morgan fingerprint density at radius 2 is 1.69 bits per heavy atom. The fourth-order valence-corrected chi connectivity index (χ4v) is 6.50. The van der Waals surface area contributed by atoms with Crippen molar-refractivity contribution in [2.45, 2.75) is 79.3 Å². The van der Waals surface area contributed by atoms with Crippen molar-refractivity contribution in [3.8, 4) is 22.4 Å². The summed E-state index contributed by atoms with van der Waals surface area (Å²) in [6.45, 7) is 18.5. The molecule has 3 amide bonds. The lowest BCUT2D eigenvalue weighted by molar-refractivity contribution is -0.135. The molecular formula is C40H55N7O4. The van der Waals surface area contributed by atoms with Crippen LogP contribution in [-0.2, 0) is 14.3 Å². The molecule has 2 heterocycles. The van der Waals surface area contributed by atoms with E-state index in [2.05, 4.69) is 72.4 Å². The highest BCUT2D eigenvalue weighted by Gasteiger charge is 2.37. The van der Waals surface area contributed by atoms with Crippen LogP contribution in [0, 0.1) is 11.8 Å². The second-order valence-electron chi connectivity index (χ2n) is 13.9. The number of amides is 3. The van der Waals surface area contributed by atoms with Crippen molar-refractivity contribution in [1.29, 1.82) is 0 Å². The lowest BCUT2D eigenvalue weighted by Gasteiger charge is -2.29. The van der Waals surface area contributed by atoms with E-state index in [9.17, 15) is 14.4 Å². The monoisotopic (exact) mass is 697 g/mol. The number of alkyl carbamates (subject to hydrolysis) is 1. The first-order valence-electron chi connectivity index (χ1n) is 18.1. The van der Waals surface area contributed by atoms with E-state index >= 15 is 0 Å². The number of aromatic amines is 1. The summed E-state index contributed by atoms with van der Waals surface area (Å²) in [6, 6.07) is 15.6. The van der Waals surface area contributed by atoms with E-state index < -0.39 is 12.1 Å². The molecule has 0 saturated carbocycles. The number of carbonyl (C=O) groups excluding carboxylic acids is 3. The predicted molar refractivity (Wildman–Crippen MR) is 204 cm³/mol. The van der Waals surface area contributed by atoms with Crippen molar-refractivity contribution >= 4 is 30.3 Å². The Labute approximate surface area is 303 Å². The number of aromatic nitrogens is 2. The summed E-state index contributed by atoms with van der Waals surface area (Å²) in [6.07, 6.45) is 4.41. The highest BCUT2D eigenvalue weighted by molar-refractivity contribution is 5.86. The smallest absolute Gasteiger partial charge is 0.407 e. The molecule has 51 heavy (non-hydrogen) atoms. The average molecular weight is 698 g/mol. The number of nitrogens with one attached hydrogen (secondary N) is 3. The molecule has 0 spiro atoms. The molecule has 4 rings (SSSR count). The van der Waals surface area contributed by atoms with Gasteiger partial charge >= 0.3 is 6.09 Å². The number of imidazole rings is 1. The Kier molecular flexibility index (Phi) is 14.0. The number of rotatable bonds is 16. The van der Waals surface area contributed by atoms with Crippen LogP contribution in [0.3, 0.4) is 0 Å². The molecule has 0 bridgehead atoms. The van der Waals surface area contributed by atoms with Gasteiger partial charge in [-0.15, -0.1) is 0 Å². The molecule has 0 aliphatic carbocycles. The second kappa shape index (κ2) is 18.3. The number of allylic oxidation sites excluding steroid dienone is 1. The highest BCUT2D eigenvalue weighted by atomic mass is 16.5. The second-order valence-corrected chi connectivity index (χ2v) is 13.9. The molecule has 2 aromatic carbocycles. The van der Waals surface area contributed by atoms with Gasteiger partial charge in [-0.2, -0.15) is 0 Å². The lowest BCUT2D eigenvalue weighted by Crippen LogP contribution is -2.51. The first kappa shape index (κ1) is 38.9. The molecule has 1 aromatic heterocycles. The Morgan fingerprint density at radius 3 is 2.27 bits per heavy atom. The SMILES string of the molecule is C=N/C(=C(/C)NCCN(CCC)C(=O)CC(C)C)c1ccc(-c2ccc(-c3c[nH]c([C@@H]4CCCN4C(=O)[C@@H](NC(=O)OC)C(C)C)n3)cc2)cc1. The molecular weight excluding hydrogens is 642 g/mol. The van der Waals surface area contributed by atoms with E-state index in [0.717, 1.165) is 71.0 Å². The number of H-pyrrole nitrogens is 1. The number of ether oxygens (including phenoxy) is 1. The number of aliphatic imine (C=N–C) groups is 1. The highest BCUT2D eigenvalue weighted by Crippen LogP contribution is 2.33. The quantitative estimate of drug-likeness (QED) is 0.138. The van der Waals surface area contributed by atoms with E-state index in [1.165, 1.54) is 7.11 Å². The molecule has 3 aromatic rings. The Balaban J connectivity index is 1.41. The van der Waals surface area contributed by atoms with Gasteiger partial charge in [-0.3, -0.25) is 14.6 Å². The van der Waals surface area contributed by atoms with Gasteiger partial charge in [0.05, 0.1) is 24.5 Å². The van der Waals surface area contributed by atoms with Crippen LogP contribution in [0.2, 0.25) is 0 Å². The van der Waals surface area contributed by atoms with Crippen molar-refractivity contribution in [2.24, 2.45) is 16.8 Å². The molecule has 11 heteroatoms. The standard InChI is InChI=1S/C40H55N7O4/c1-9-21-46(35(48)24-26(2)3)23-20-42-28(6)37(41-7)32-18-14-30(15-19-32)29-12-16-31(17-13-29)33-25-43-38(44-33)34-11-10-22-47(34)39(49)36(27(4)5)45-40(50)51-8/h12-19,25-27,34,36,42H,7,9-11,20-24H2,1-6,8H3,(H,43,44)(H,45,50)/b37-28-/t34-,36-/m0/s1. The number of likely N-dealkylation sites (tertiary alicyclic amines) is 1. The van der Waals surface area contributed by atoms with E-state index in [1.807, 2.05) is 61.0 Å². The first-order chi connectivity index (χ1) is 24.5. The molecule has 11 nitrogen and oxygen atoms in total. The van der Waals surface area contributed by atoms with Crippen LogP contribution in [0.1, 0.15) is 84.7 Å². The number of methoxy groups -OCH3 is 1. The van der Waals surface area contributed by atoms with Gasteiger partial charge in [-0.25, -0.2) is 9.78 Å². The summed E-state index contributed by atoms with van der Waals surface area (Å²) < 4.78 is 4.75. The number of hydrogen-bond donors (Lipinski definition) is 3. The minimum Gasteiger partial charge on any atom is -0.453 e. The van der Waals surface area contributed by atoms with Gasteiger partial charge in [0, 0.05) is 55.6 Å². The van der Waals surface area contributed by atoms with E-state index in [0.29, 0.717) is 32.0 Å². The summed E-state index contributed by atoms with van der Waals surface area (Å²) in [5.41, 5.74) is 6.56. The maximum atomic E-state index is 13.5. The van der Waals surface area contributed by atoms with Gasteiger partial charge in [0.15, 0.2) is 0 Å². The number of carbonyl (C=O) groups is 3. The molecule has 0 unspecified atom stereocenters. The number of benzene rings is 2. The fraction of sp³-hybridized carbons (Fsp3) is 0.475. The van der Waals surface area contributed by atoms with Crippen LogP contribution in [0.15, 0.2) is 65.4 Å². The summed E-state index contributed by atoms with van der Waals surface area (Å²) in [7, 11) is 1.29. The van der Waals surface area contributed by atoms with Crippen LogP contribution in [0.4, 0.5) is 4.79 Å². The molecule has 2 atom stereocenters. The molecule has 1 fully saturated rings. The zero-order valence-electron chi connectivity index (χ0n) is 31.3. The van der Waals surface area contributed by atoms with Gasteiger partial charge in [0.1, 0.15) is 11.9 Å². The van der Waals surface area contributed by atoms with Gasteiger partial charge in [0.25, 0.3) is 0 Å². The maximum Gasteiger partial charge on any atom is 0.407 e. The predicted octanol–water partition coefficient (Wildman–Crippen LogP) is 7.05. The Hall–Kier alpha value is -4.93. The Morgan fingerprint density at radius 1 is 1.04 bits per heavy atom. The van der Waals surface area contributed by atoms with Crippen molar-refractivity contribution in [1.82, 2.24) is 30.4 Å². The molecule has 1 aliphatic rings. The largest absolute Gasteiger partial charge is 0.453 e. The summed E-state index contributed by atoms with van der Waals surface area (Å²) in [5.74, 6) is 1.05.